The van der Waals surface area contributed by atoms with Crippen molar-refractivity contribution in [2.45, 2.75) is 0 Å². The van der Waals surface area contributed by atoms with E-state index in [9.17, 15) is 218 Å². The van der Waals surface area contributed by atoms with Crippen molar-refractivity contribution in [2.24, 2.45) is 0 Å². The van der Waals surface area contributed by atoms with Crippen molar-refractivity contribution < 1.29 is 233 Å². The lowest BCUT2D eigenvalue weighted by molar-refractivity contribution is 0.102. The molecule has 0 amide bonds. The van der Waals surface area contributed by atoms with E-state index in [0.29, 0.717) is 48.5 Å². The van der Waals surface area contributed by atoms with Crippen molar-refractivity contribution in [3.05, 3.63) is 188 Å². The van der Waals surface area contributed by atoms with Gasteiger partial charge in [0.15, 0.2) is 150 Å². The second-order valence-electron chi connectivity index (χ2n) is 24.7. The Morgan fingerprint density at radius 2 is 0.306 bits per heavy atom. The Morgan fingerprint density at radius 3 is 0.581 bits per heavy atom. The molecule has 0 heterocycles. The SMILES string of the molecule is O=C(c1cc(O)c(O)c(O)c1)c1ccc(O)c(O)c1O.O=C(c1cc(O)c(O)cc1O)c1c(O)cc(O)c(O)c1O.O=C(c1cc(O)c(O)cc1O)c1c(O)cc(O)c(O)c1O.O=C(c1cc(O)c(O)cc1O)c1cc(O)c(O)c(O)c1O.O=C(c1cc(O)c(O)cc1O)c1cc(O)c(O)c(O)c1O.O=C(c1cc(O)c(O)cc1O)c1ccc(O)c(O)c1O. The molecule has 648 valence electrons. The first-order valence-corrected chi connectivity index (χ1v) is 32.7. The second kappa shape index (κ2) is 35.8. The minimum absolute atomic E-state index is 0.224. The van der Waals surface area contributed by atoms with Gasteiger partial charge in [0.25, 0.3) is 0 Å². The average molecular weight is 1730 g/mol. The molecular formula is C78H60O46. The Bertz CT molecular complexity index is 6100. The van der Waals surface area contributed by atoms with Gasteiger partial charge in [0, 0.05) is 48.0 Å². The van der Waals surface area contributed by atoms with Gasteiger partial charge >= 0.3 is 0 Å². The van der Waals surface area contributed by atoms with E-state index >= 15 is 0 Å². The molecule has 0 saturated carbocycles. The molecule has 0 fully saturated rings. The monoisotopic (exact) mass is 1730 g/mol. The van der Waals surface area contributed by atoms with E-state index in [2.05, 4.69) is 0 Å². The van der Waals surface area contributed by atoms with Gasteiger partial charge in [-0.2, -0.15) is 0 Å². The smallest absolute Gasteiger partial charge is 0.205 e. The van der Waals surface area contributed by atoms with Gasteiger partial charge in [-0.05, 0) is 78.9 Å². The molecule has 12 aromatic rings. The maximum Gasteiger partial charge on any atom is 0.205 e. The number of ketones is 6. The van der Waals surface area contributed by atoms with Crippen LogP contribution in [0, 0.1) is 0 Å². The Hall–Kier alpha value is -19.3. The van der Waals surface area contributed by atoms with E-state index in [4.69, 9.17) is 15.3 Å². The van der Waals surface area contributed by atoms with E-state index in [1.165, 1.54) is 0 Å². The number of carbonyl (C=O) groups is 6. The molecule has 40 N–H and O–H groups in total. The summed E-state index contributed by atoms with van der Waals surface area (Å²) < 4.78 is 0. The molecule has 0 bridgehead atoms. The van der Waals surface area contributed by atoms with Crippen LogP contribution in [0.5, 0.6) is 230 Å². The van der Waals surface area contributed by atoms with E-state index in [1.807, 2.05) is 0 Å². The molecular weight excluding hydrogens is 1670 g/mol. The predicted molar refractivity (Wildman–Crippen MR) is 404 cm³/mol. The second-order valence-corrected chi connectivity index (χ2v) is 24.7. The average Bonchev–Trinajstić information content (AvgIpc) is 0.767. The zero-order valence-corrected chi connectivity index (χ0v) is 60.9. The summed E-state index contributed by atoms with van der Waals surface area (Å²) in [6, 6.07) is 15.8. The number of hydrogen-bond donors (Lipinski definition) is 40. The zero-order valence-electron chi connectivity index (χ0n) is 60.9. The molecule has 0 aromatic heterocycles. The third-order valence-electron chi connectivity index (χ3n) is 16.6. The number of phenolic OH excluding ortho intramolecular Hbond substituents is 40. The topological polar surface area (TPSA) is 912 Å². The van der Waals surface area contributed by atoms with Crippen LogP contribution in [-0.4, -0.2) is 239 Å². The number of benzene rings is 12. The van der Waals surface area contributed by atoms with Gasteiger partial charge < -0.3 is 204 Å². The van der Waals surface area contributed by atoms with Crippen LogP contribution in [0.25, 0.3) is 0 Å². The number of hydrogen-bond acceptors (Lipinski definition) is 46. The minimum atomic E-state index is -1.15. The highest BCUT2D eigenvalue weighted by atomic mass is 16.4. The van der Waals surface area contributed by atoms with Crippen LogP contribution < -0.4 is 0 Å². The molecule has 124 heavy (non-hydrogen) atoms. The summed E-state index contributed by atoms with van der Waals surface area (Å²) in [5, 5.41) is 375. The lowest BCUT2D eigenvalue weighted by Gasteiger charge is -2.11. The molecule has 46 nitrogen and oxygen atoms in total. The Labute approximate surface area is 683 Å². The summed E-state index contributed by atoms with van der Waals surface area (Å²) in [5.74, 6) is -38.8. The van der Waals surface area contributed by atoms with Gasteiger partial charge in [-0.1, -0.05) is 0 Å². The van der Waals surface area contributed by atoms with Crippen molar-refractivity contribution in [1.29, 1.82) is 0 Å². The number of aromatic hydroxyl groups is 40. The lowest BCUT2D eigenvalue weighted by Crippen LogP contribution is -2.03. The predicted octanol–water partition coefficient (Wildman–Crippen LogP) is 5.73. The molecule has 12 rings (SSSR count). The van der Waals surface area contributed by atoms with Crippen LogP contribution in [0.15, 0.2) is 121 Å². The zero-order chi connectivity index (χ0) is 93.6. The van der Waals surface area contributed by atoms with Crippen LogP contribution in [0.3, 0.4) is 0 Å². The normalized spacial score (nSPS) is 10.5. The quantitative estimate of drug-likeness (QED) is 0.0394. The first-order chi connectivity index (χ1) is 57.6. The van der Waals surface area contributed by atoms with Gasteiger partial charge in [-0.15, -0.1) is 0 Å². The van der Waals surface area contributed by atoms with Crippen LogP contribution >= 0.6 is 0 Å². The highest BCUT2D eigenvalue weighted by Crippen LogP contribution is 2.52. The van der Waals surface area contributed by atoms with Crippen LogP contribution in [0.4, 0.5) is 0 Å². The van der Waals surface area contributed by atoms with Gasteiger partial charge in [-0.3, -0.25) is 28.8 Å². The number of carbonyl (C=O) groups excluding carboxylic acids is 6. The molecule has 0 unspecified atom stereocenters. The summed E-state index contributed by atoms with van der Waals surface area (Å²) in [4.78, 5) is 72.8. The first-order valence-electron chi connectivity index (χ1n) is 32.7. The summed E-state index contributed by atoms with van der Waals surface area (Å²) in [6.45, 7) is 0. The first kappa shape index (κ1) is 91.8. The fraction of sp³-hybridized carbons (Fsp3) is 0. The van der Waals surface area contributed by atoms with Crippen LogP contribution in [-0.2, 0) is 0 Å². The molecule has 0 saturated heterocycles. The van der Waals surface area contributed by atoms with Crippen LogP contribution in [0.1, 0.15) is 95.5 Å². The molecule has 12 aromatic carbocycles. The summed E-state index contributed by atoms with van der Waals surface area (Å²) in [7, 11) is 0. The number of phenols is 40. The molecule has 0 atom stereocenters. The van der Waals surface area contributed by atoms with Gasteiger partial charge in [0.05, 0.1) is 50.1 Å². The minimum Gasteiger partial charge on any atom is -0.507 e. The largest absolute Gasteiger partial charge is 0.507 e. The summed E-state index contributed by atoms with van der Waals surface area (Å²) >= 11 is 0. The van der Waals surface area contributed by atoms with E-state index in [-0.39, 0.29) is 22.3 Å². The molecule has 0 spiro atoms. The molecule has 0 radical (unpaired) electrons. The molecule has 0 aliphatic heterocycles. The summed E-state index contributed by atoms with van der Waals surface area (Å²) in [5.41, 5.74) is -6.23. The standard InChI is InChI=1S/4C13H10O8.2C13H10O7/c2*14-6-3-8(16)7(15)1-4(6)10(18)5-2-9(17)12(20)13(21)11(5)19;2*14-5-2-7(16)6(15)1-4(5)11(19)10-8(17)3-9(18)12(20)13(10)21;14-7-2-1-6(11(18)13(7)20)10(17)5-3-8(15)12(19)9(16)4-5;14-7-2-1-5(12(19)13(7)20)11(18)6-3-9(16)10(17)4-8(6)15/h2*1-3,14-17,19-21H;2*1-3,14-18,20-21H;1-4,14-16,18-20H;1-4,14-17,19-20H. The third kappa shape index (κ3) is 18.6. The van der Waals surface area contributed by atoms with Crippen molar-refractivity contribution in [3.8, 4) is 230 Å². The third-order valence-corrected chi connectivity index (χ3v) is 16.6. The Balaban J connectivity index is 0.000000204. The molecule has 46 heteroatoms. The van der Waals surface area contributed by atoms with Gasteiger partial charge in [-0.25, -0.2) is 0 Å². The van der Waals surface area contributed by atoms with E-state index in [1.54, 1.807) is 0 Å². The highest BCUT2D eigenvalue weighted by Gasteiger charge is 2.32. The maximum absolute atomic E-state index is 12.2. The fourth-order valence-electron chi connectivity index (χ4n) is 10.2. The van der Waals surface area contributed by atoms with E-state index in [0.717, 1.165) is 72.8 Å². The fourth-order valence-corrected chi connectivity index (χ4v) is 10.2. The number of rotatable bonds is 12. The maximum atomic E-state index is 12.2. The van der Waals surface area contributed by atoms with Gasteiger partial charge in [0.1, 0.15) is 51.4 Å². The molecule has 0 aliphatic carbocycles. The lowest BCUT2D eigenvalue weighted by atomic mass is 9.99. The van der Waals surface area contributed by atoms with Crippen molar-refractivity contribution >= 4 is 34.7 Å². The van der Waals surface area contributed by atoms with Crippen molar-refractivity contribution in [3.63, 3.8) is 0 Å². The van der Waals surface area contributed by atoms with Crippen molar-refractivity contribution in [1.82, 2.24) is 0 Å². The highest BCUT2D eigenvalue weighted by molar-refractivity contribution is 6.18. The van der Waals surface area contributed by atoms with Gasteiger partial charge in [0.2, 0.25) is 74.9 Å². The van der Waals surface area contributed by atoms with Crippen LogP contribution in [0.2, 0.25) is 0 Å². The van der Waals surface area contributed by atoms with E-state index < -0.39 is 309 Å². The Morgan fingerprint density at radius 1 is 0.121 bits per heavy atom. The Kier molecular flexibility index (Phi) is 26.5. The molecule has 0 aliphatic rings. The van der Waals surface area contributed by atoms with Crippen molar-refractivity contribution in [2.75, 3.05) is 0 Å². The summed E-state index contributed by atoms with van der Waals surface area (Å²) in [6.07, 6.45) is 0.